The van der Waals surface area contributed by atoms with Gasteiger partial charge in [0.15, 0.2) is 0 Å². The maximum atomic E-state index is 12.7. The summed E-state index contributed by atoms with van der Waals surface area (Å²) in [4.78, 5) is 23.6. The van der Waals surface area contributed by atoms with Crippen LogP contribution in [0.5, 0.6) is 0 Å². The third-order valence-corrected chi connectivity index (χ3v) is 4.39. The third kappa shape index (κ3) is 3.05. The molecular formula is C13H13F3N4OS. The van der Waals surface area contributed by atoms with Gasteiger partial charge in [0, 0.05) is 30.6 Å². The summed E-state index contributed by atoms with van der Waals surface area (Å²) in [6.07, 6.45) is -4.31. The molecule has 0 spiro atoms. The molecular weight excluding hydrogens is 317 g/mol. The van der Waals surface area contributed by atoms with Crippen molar-refractivity contribution >= 4 is 11.3 Å². The van der Waals surface area contributed by atoms with Gasteiger partial charge in [-0.15, -0.1) is 11.3 Å². The molecule has 0 fully saturated rings. The van der Waals surface area contributed by atoms with E-state index < -0.39 is 17.6 Å². The lowest BCUT2D eigenvalue weighted by Gasteiger charge is -2.26. The van der Waals surface area contributed by atoms with Crippen LogP contribution in [-0.4, -0.2) is 26.4 Å². The number of thiazole rings is 1. The molecule has 3 rings (SSSR count). The van der Waals surface area contributed by atoms with Crippen molar-refractivity contribution in [1.29, 1.82) is 0 Å². The van der Waals surface area contributed by atoms with Crippen LogP contribution in [0.25, 0.3) is 0 Å². The van der Waals surface area contributed by atoms with Gasteiger partial charge in [-0.3, -0.25) is 9.69 Å². The molecule has 1 aliphatic rings. The minimum Gasteiger partial charge on any atom is -0.303 e. The van der Waals surface area contributed by atoms with E-state index in [9.17, 15) is 18.0 Å². The highest BCUT2D eigenvalue weighted by molar-refractivity contribution is 7.09. The molecule has 1 N–H and O–H groups in total. The highest BCUT2D eigenvalue weighted by Gasteiger charge is 2.35. The van der Waals surface area contributed by atoms with Gasteiger partial charge in [-0.2, -0.15) is 13.2 Å². The number of fused-ring (bicyclic) bond motifs is 1. The van der Waals surface area contributed by atoms with Crippen molar-refractivity contribution in [2.75, 3.05) is 6.54 Å². The Balaban J connectivity index is 1.83. The van der Waals surface area contributed by atoms with Gasteiger partial charge in [-0.25, -0.2) is 9.97 Å². The molecule has 2 aromatic heterocycles. The van der Waals surface area contributed by atoms with Crippen LogP contribution in [0.2, 0.25) is 0 Å². The average Bonchev–Trinajstić information content (AvgIpc) is 2.83. The van der Waals surface area contributed by atoms with Crippen molar-refractivity contribution in [3.05, 3.63) is 43.5 Å². The predicted molar refractivity (Wildman–Crippen MR) is 74.5 cm³/mol. The van der Waals surface area contributed by atoms with Crippen LogP contribution in [-0.2, 0) is 25.7 Å². The Morgan fingerprint density at radius 3 is 2.82 bits per heavy atom. The minimum atomic E-state index is -4.64. The standard InChI is InChI=1S/C13H13F3N4OS/c1-7-6-22-10(17-7)5-20-3-2-9-8(4-20)11(21)19-12(18-9)13(14,15)16/h6H,2-5H2,1H3,(H,18,19,21). The van der Waals surface area contributed by atoms with Crippen LogP contribution in [0.4, 0.5) is 13.2 Å². The predicted octanol–water partition coefficient (Wildman–Crippen LogP) is 2.11. The molecule has 0 radical (unpaired) electrons. The third-order valence-electron chi connectivity index (χ3n) is 3.44. The molecule has 9 heteroatoms. The second-order valence-electron chi connectivity index (χ2n) is 5.18. The zero-order chi connectivity index (χ0) is 15.9. The molecule has 118 valence electrons. The van der Waals surface area contributed by atoms with Crippen molar-refractivity contribution in [3.8, 4) is 0 Å². The quantitative estimate of drug-likeness (QED) is 0.916. The zero-order valence-corrected chi connectivity index (χ0v) is 12.5. The van der Waals surface area contributed by atoms with Gasteiger partial charge < -0.3 is 4.98 Å². The van der Waals surface area contributed by atoms with Gasteiger partial charge in [0.05, 0.1) is 17.8 Å². The molecule has 0 aromatic carbocycles. The van der Waals surface area contributed by atoms with Crippen LogP contribution in [0, 0.1) is 6.92 Å². The summed E-state index contributed by atoms with van der Waals surface area (Å²) in [5, 5.41) is 2.87. The van der Waals surface area contributed by atoms with Gasteiger partial charge in [0.1, 0.15) is 5.01 Å². The molecule has 0 unspecified atom stereocenters. The maximum absolute atomic E-state index is 12.7. The van der Waals surface area contributed by atoms with E-state index in [1.165, 1.54) is 11.3 Å². The number of rotatable bonds is 2. The number of H-pyrrole nitrogens is 1. The molecule has 1 aliphatic heterocycles. The average molecular weight is 330 g/mol. The van der Waals surface area contributed by atoms with Crippen molar-refractivity contribution in [1.82, 2.24) is 19.9 Å². The van der Waals surface area contributed by atoms with E-state index in [1.54, 1.807) is 0 Å². The number of halogens is 3. The van der Waals surface area contributed by atoms with Gasteiger partial charge in [0.2, 0.25) is 5.82 Å². The summed E-state index contributed by atoms with van der Waals surface area (Å²) in [6, 6.07) is 0. The molecule has 5 nitrogen and oxygen atoms in total. The van der Waals surface area contributed by atoms with Crippen molar-refractivity contribution < 1.29 is 13.2 Å². The number of aromatic nitrogens is 3. The fourth-order valence-electron chi connectivity index (χ4n) is 2.42. The Morgan fingerprint density at radius 2 is 2.18 bits per heavy atom. The van der Waals surface area contributed by atoms with Crippen LogP contribution >= 0.6 is 11.3 Å². The smallest absolute Gasteiger partial charge is 0.303 e. The second-order valence-corrected chi connectivity index (χ2v) is 6.12. The van der Waals surface area contributed by atoms with Crippen LogP contribution < -0.4 is 5.56 Å². The van der Waals surface area contributed by atoms with Crippen LogP contribution in [0.3, 0.4) is 0 Å². The molecule has 0 amide bonds. The van der Waals surface area contributed by atoms with E-state index in [0.717, 1.165) is 10.7 Å². The van der Waals surface area contributed by atoms with E-state index in [-0.39, 0.29) is 12.2 Å². The number of hydrogen-bond acceptors (Lipinski definition) is 5. The van der Waals surface area contributed by atoms with Crippen molar-refractivity contribution in [2.24, 2.45) is 0 Å². The summed E-state index contributed by atoms with van der Waals surface area (Å²) in [5.74, 6) is -1.22. The Labute approximate surface area is 127 Å². The normalized spacial score (nSPS) is 15.8. The topological polar surface area (TPSA) is 61.9 Å². The summed E-state index contributed by atoms with van der Waals surface area (Å²) in [6.45, 7) is 3.32. The van der Waals surface area contributed by atoms with Crippen LogP contribution in [0.1, 0.15) is 27.8 Å². The maximum Gasteiger partial charge on any atom is 0.449 e. The lowest BCUT2D eigenvalue weighted by molar-refractivity contribution is -0.145. The Hall–Kier alpha value is -1.74. The number of alkyl halides is 3. The number of nitrogens with one attached hydrogen (secondary N) is 1. The van der Waals surface area contributed by atoms with E-state index in [4.69, 9.17) is 0 Å². The molecule has 22 heavy (non-hydrogen) atoms. The van der Waals surface area contributed by atoms with Crippen molar-refractivity contribution in [2.45, 2.75) is 32.6 Å². The summed E-state index contributed by atoms with van der Waals surface area (Å²) < 4.78 is 38.0. The largest absolute Gasteiger partial charge is 0.449 e. The highest BCUT2D eigenvalue weighted by Crippen LogP contribution is 2.26. The first-order valence-corrected chi connectivity index (χ1v) is 7.53. The molecule has 0 atom stereocenters. The van der Waals surface area contributed by atoms with E-state index in [0.29, 0.717) is 25.1 Å². The molecule has 0 bridgehead atoms. The van der Waals surface area contributed by atoms with E-state index in [1.807, 2.05) is 22.2 Å². The Kier molecular flexibility index (Phi) is 3.77. The van der Waals surface area contributed by atoms with E-state index in [2.05, 4.69) is 9.97 Å². The summed E-state index contributed by atoms with van der Waals surface area (Å²) >= 11 is 1.53. The van der Waals surface area contributed by atoms with Gasteiger partial charge in [-0.1, -0.05) is 0 Å². The first-order valence-electron chi connectivity index (χ1n) is 6.65. The first kappa shape index (κ1) is 15.2. The number of nitrogens with zero attached hydrogens (tertiary/aromatic N) is 3. The molecule has 0 saturated carbocycles. The Bertz CT molecular complexity index is 752. The second kappa shape index (κ2) is 5.47. The van der Waals surface area contributed by atoms with E-state index >= 15 is 0 Å². The molecule has 2 aromatic rings. The first-order chi connectivity index (χ1) is 10.3. The van der Waals surface area contributed by atoms with Gasteiger partial charge in [0.25, 0.3) is 5.56 Å². The van der Waals surface area contributed by atoms with Crippen LogP contribution in [0.15, 0.2) is 10.2 Å². The fraction of sp³-hybridized carbons (Fsp3) is 0.462. The van der Waals surface area contributed by atoms with Gasteiger partial charge in [-0.05, 0) is 6.92 Å². The Morgan fingerprint density at radius 1 is 1.41 bits per heavy atom. The van der Waals surface area contributed by atoms with Crippen molar-refractivity contribution in [3.63, 3.8) is 0 Å². The number of hydrogen-bond donors (Lipinski definition) is 1. The zero-order valence-electron chi connectivity index (χ0n) is 11.7. The molecule has 0 saturated heterocycles. The lowest BCUT2D eigenvalue weighted by Crippen LogP contribution is -2.36. The summed E-state index contributed by atoms with van der Waals surface area (Å²) in [5.41, 5.74) is 0.777. The SMILES string of the molecule is Cc1csc(CN2CCc3nc(C(F)(F)F)[nH]c(=O)c3C2)n1. The fourth-order valence-corrected chi connectivity index (χ4v) is 3.23. The molecule has 3 heterocycles. The highest BCUT2D eigenvalue weighted by atomic mass is 32.1. The lowest BCUT2D eigenvalue weighted by atomic mass is 10.1. The number of aryl methyl sites for hydroxylation is 1. The van der Waals surface area contributed by atoms with Gasteiger partial charge >= 0.3 is 6.18 Å². The summed E-state index contributed by atoms with van der Waals surface area (Å²) in [7, 11) is 0. The monoisotopic (exact) mass is 330 g/mol. The minimum absolute atomic E-state index is 0.239. The molecule has 0 aliphatic carbocycles. The number of aromatic amines is 1.